The standard InChI is InChI=1S/C14H16N2O/c1-10-7-12(9-14(17)15-10)11-5-4-6-13(8-11)16(2)3/h4-9H,1-3H3,(H,15,17). The summed E-state index contributed by atoms with van der Waals surface area (Å²) in [4.78, 5) is 16.2. The van der Waals surface area contributed by atoms with Crippen LogP contribution in [0.2, 0.25) is 0 Å². The first-order valence-corrected chi connectivity index (χ1v) is 5.55. The van der Waals surface area contributed by atoms with Gasteiger partial charge in [-0.1, -0.05) is 12.1 Å². The number of H-pyrrole nitrogens is 1. The molecule has 1 aromatic heterocycles. The average molecular weight is 228 g/mol. The highest BCUT2D eigenvalue weighted by molar-refractivity contribution is 5.68. The Labute approximate surface area is 101 Å². The molecule has 0 amide bonds. The normalized spacial score (nSPS) is 10.3. The molecule has 0 unspecified atom stereocenters. The summed E-state index contributed by atoms with van der Waals surface area (Å²) in [6.07, 6.45) is 0. The van der Waals surface area contributed by atoms with E-state index in [1.165, 1.54) is 0 Å². The number of benzene rings is 1. The van der Waals surface area contributed by atoms with E-state index in [1.54, 1.807) is 6.07 Å². The Hall–Kier alpha value is -2.03. The van der Waals surface area contributed by atoms with Gasteiger partial charge in [-0.05, 0) is 36.2 Å². The van der Waals surface area contributed by atoms with Gasteiger partial charge < -0.3 is 9.88 Å². The minimum Gasteiger partial charge on any atom is -0.378 e. The second-order valence-corrected chi connectivity index (χ2v) is 4.36. The molecule has 1 N–H and O–H groups in total. The van der Waals surface area contributed by atoms with Crippen molar-refractivity contribution in [1.29, 1.82) is 0 Å². The number of pyridine rings is 1. The van der Waals surface area contributed by atoms with E-state index in [0.29, 0.717) is 0 Å². The van der Waals surface area contributed by atoms with Crippen LogP contribution in [0.3, 0.4) is 0 Å². The molecule has 17 heavy (non-hydrogen) atoms. The van der Waals surface area contributed by atoms with Gasteiger partial charge in [-0.15, -0.1) is 0 Å². The lowest BCUT2D eigenvalue weighted by Gasteiger charge is -2.13. The van der Waals surface area contributed by atoms with Crippen LogP contribution in [0, 0.1) is 6.92 Å². The summed E-state index contributed by atoms with van der Waals surface area (Å²) in [5.41, 5.74) is 3.96. The van der Waals surface area contributed by atoms with Crippen molar-refractivity contribution in [2.75, 3.05) is 19.0 Å². The van der Waals surface area contributed by atoms with Crippen molar-refractivity contribution in [2.24, 2.45) is 0 Å². The van der Waals surface area contributed by atoms with Crippen LogP contribution in [-0.4, -0.2) is 19.1 Å². The number of hydrogen-bond acceptors (Lipinski definition) is 2. The Kier molecular flexibility index (Phi) is 3.00. The monoisotopic (exact) mass is 228 g/mol. The molecule has 1 heterocycles. The first-order chi connectivity index (χ1) is 8.06. The number of aromatic nitrogens is 1. The topological polar surface area (TPSA) is 36.1 Å². The molecular weight excluding hydrogens is 212 g/mol. The fourth-order valence-electron chi connectivity index (χ4n) is 1.81. The summed E-state index contributed by atoms with van der Waals surface area (Å²) in [5, 5.41) is 0. The number of nitrogens with zero attached hydrogens (tertiary/aromatic N) is 1. The van der Waals surface area contributed by atoms with Crippen molar-refractivity contribution in [3.05, 3.63) is 52.4 Å². The van der Waals surface area contributed by atoms with Crippen molar-refractivity contribution in [1.82, 2.24) is 4.98 Å². The van der Waals surface area contributed by atoms with Crippen LogP contribution in [0.25, 0.3) is 11.1 Å². The molecule has 1 aromatic carbocycles. The van der Waals surface area contributed by atoms with Gasteiger partial charge in [-0.25, -0.2) is 0 Å². The van der Waals surface area contributed by atoms with E-state index in [-0.39, 0.29) is 5.56 Å². The minimum atomic E-state index is -0.0599. The summed E-state index contributed by atoms with van der Waals surface area (Å²) in [7, 11) is 4.00. The van der Waals surface area contributed by atoms with Crippen molar-refractivity contribution >= 4 is 5.69 Å². The second-order valence-electron chi connectivity index (χ2n) is 4.36. The van der Waals surface area contributed by atoms with Crippen LogP contribution in [0.4, 0.5) is 5.69 Å². The van der Waals surface area contributed by atoms with Crippen LogP contribution in [-0.2, 0) is 0 Å². The molecule has 0 aliphatic heterocycles. The number of rotatable bonds is 2. The summed E-state index contributed by atoms with van der Waals surface area (Å²) in [6, 6.07) is 11.7. The SMILES string of the molecule is Cc1cc(-c2cccc(N(C)C)c2)cc(=O)[nH]1. The Morgan fingerprint density at radius 3 is 2.47 bits per heavy atom. The highest BCUT2D eigenvalue weighted by atomic mass is 16.1. The van der Waals surface area contributed by atoms with Crippen molar-refractivity contribution in [2.45, 2.75) is 6.92 Å². The second kappa shape index (κ2) is 4.45. The first kappa shape index (κ1) is 11.5. The molecule has 0 atom stereocenters. The predicted molar refractivity (Wildman–Crippen MR) is 71.6 cm³/mol. The van der Waals surface area contributed by atoms with Gasteiger partial charge in [0.1, 0.15) is 0 Å². The molecule has 2 rings (SSSR count). The van der Waals surface area contributed by atoms with E-state index in [9.17, 15) is 4.79 Å². The van der Waals surface area contributed by atoms with E-state index in [0.717, 1.165) is 22.5 Å². The fraction of sp³-hybridized carbons (Fsp3) is 0.214. The van der Waals surface area contributed by atoms with Gasteiger partial charge >= 0.3 is 0 Å². The maximum atomic E-state index is 11.4. The zero-order valence-corrected chi connectivity index (χ0v) is 10.3. The van der Waals surface area contributed by atoms with Crippen LogP contribution < -0.4 is 10.5 Å². The van der Waals surface area contributed by atoms with Gasteiger partial charge in [-0.3, -0.25) is 4.79 Å². The van der Waals surface area contributed by atoms with E-state index in [4.69, 9.17) is 0 Å². The Morgan fingerprint density at radius 1 is 1.06 bits per heavy atom. The lowest BCUT2D eigenvalue weighted by Crippen LogP contribution is -2.08. The van der Waals surface area contributed by atoms with Gasteiger partial charge in [0, 0.05) is 31.5 Å². The van der Waals surface area contributed by atoms with Gasteiger partial charge in [0.05, 0.1) is 0 Å². The number of aryl methyl sites for hydroxylation is 1. The largest absolute Gasteiger partial charge is 0.378 e. The molecule has 2 aromatic rings. The van der Waals surface area contributed by atoms with Crippen LogP contribution in [0.15, 0.2) is 41.2 Å². The molecule has 0 saturated carbocycles. The predicted octanol–water partition coefficient (Wildman–Crippen LogP) is 2.42. The zero-order valence-electron chi connectivity index (χ0n) is 10.3. The van der Waals surface area contributed by atoms with E-state index < -0.39 is 0 Å². The van der Waals surface area contributed by atoms with Crippen molar-refractivity contribution in [3.63, 3.8) is 0 Å². The first-order valence-electron chi connectivity index (χ1n) is 5.55. The van der Waals surface area contributed by atoms with E-state index in [1.807, 2.05) is 50.2 Å². The van der Waals surface area contributed by atoms with E-state index >= 15 is 0 Å². The van der Waals surface area contributed by atoms with E-state index in [2.05, 4.69) is 11.1 Å². The maximum absolute atomic E-state index is 11.4. The Morgan fingerprint density at radius 2 is 1.82 bits per heavy atom. The fourth-order valence-corrected chi connectivity index (χ4v) is 1.81. The zero-order chi connectivity index (χ0) is 12.4. The average Bonchev–Trinajstić information content (AvgIpc) is 2.28. The van der Waals surface area contributed by atoms with Crippen molar-refractivity contribution in [3.8, 4) is 11.1 Å². The Bertz CT molecular complexity index is 585. The van der Waals surface area contributed by atoms with Crippen molar-refractivity contribution < 1.29 is 0 Å². The molecule has 3 nitrogen and oxygen atoms in total. The molecule has 88 valence electrons. The molecule has 0 aliphatic carbocycles. The number of anilines is 1. The molecule has 3 heteroatoms. The Balaban J connectivity index is 2.52. The molecule has 0 aliphatic rings. The third-order valence-corrected chi connectivity index (χ3v) is 2.67. The summed E-state index contributed by atoms with van der Waals surface area (Å²) >= 11 is 0. The quantitative estimate of drug-likeness (QED) is 0.857. The molecular formula is C14H16N2O. The molecule has 0 fully saturated rings. The van der Waals surface area contributed by atoms with Crippen LogP contribution in [0.5, 0.6) is 0 Å². The summed E-state index contributed by atoms with van der Waals surface area (Å²) < 4.78 is 0. The smallest absolute Gasteiger partial charge is 0.248 e. The summed E-state index contributed by atoms with van der Waals surface area (Å²) in [6.45, 7) is 1.89. The van der Waals surface area contributed by atoms with Gasteiger partial charge in [0.25, 0.3) is 0 Å². The molecule has 0 saturated heterocycles. The third kappa shape index (κ3) is 2.56. The molecule has 0 radical (unpaired) electrons. The van der Waals surface area contributed by atoms with Crippen LogP contribution in [0.1, 0.15) is 5.69 Å². The molecule has 0 spiro atoms. The van der Waals surface area contributed by atoms with Crippen LogP contribution >= 0.6 is 0 Å². The number of aromatic amines is 1. The lowest BCUT2D eigenvalue weighted by atomic mass is 10.1. The molecule has 0 bridgehead atoms. The minimum absolute atomic E-state index is 0.0599. The highest BCUT2D eigenvalue weighted by Crippen LogP contribution is 2.22. The number of hydrogen-bond donors (Lipinski definition) is 1. The maximum Gasteiger partial charge on any atom is 0.248 e. The van der Waals surface area contributed by atoms with Gasteiger partial charge in [0.2, 0.25) is 5.56 Å². The van der Waals surface area contributed by atoms with Gasteiger partial charge in [-0.2, -0.15) is 0 Å². The summed E-state index contributed by atoms with van der Waals surface area (Å²) in [5.74, 6) is 0. The number of nitrogens with one attached hydrogen (secondary N) is 1. The highest BCUT2D eigenvalue weighted by Gasteiger charge is 2.02. The third-order valence-electron chi connectivity index (χ3n) is 2.67. The lowest BCUT2D eigenvalue weighted by molar-refractivity contribution is 1.13. The van der Waals surface area contributed by atoms with Gasteiger partial charge in [0.15, 0.2) is 0 Å².